The van der Waals surface area contributed by atoms with Crippen LogP contribution in [-0.2, 0) is 28.5 Å². The summed E-state index contributed by atoms with van der Waals surface area (Å²) in [4.78, 5) is 22.1. The summed E-state index contributed by atoms with van der Waals surface area (Å²) in [5.74, 6) is 0.761. The van der Waals surface area contributed by atoms with E-state index in [4.69, 9.17) is 30.4 Å². The summed E-state index contributed by atoms with van der Waals surface area (Å²) in [5.41, 5.74) is 10.4. The Balaban J connectivity index is 3.11. The van der Waals surface area contributed by atoms with Crippen molar-refractivity contribution in [3.8, 4) is 0 Å². The van der Waals surface area contributed by atoms with Gasteiger partial charge in [-0.25, -0.2) is 0 Å². The van der Waals surface area contributed by atoms with Crippen molar-refractivity contribution >= 4 is 23.6 Å². The lowest BCUT2D eigenvalue weighted by molar-refractivity contribution is -0.122. The molecule has 0 unspecified atom stereocenters. The topological polar surface area (TPSA) is 135 Å². The SMILES string of the molecule is NCCCCCNC(=O)CCOCCOCCOCCOCCSCC(N)=O. The Morgan fingerprint density at radius 3 is 1.93 bits per heavy atom. The molecule has 166 valence electrons. The second kappa shape index (κ2) is 22.4. The zero-order chi connectivity index (χ0) is 20.7. The summed E-state index contributed by atoms with van der Waals surface area (Å²) in [5, 5.41) is 2.86. The molecule has 0 aliphatic heterocycles. The summed E-state index contributed by atoms with van der Waals surface area (Å²) in [6.07, 6.45) is 3.36. The molecule has 0 aromatic carbocycles. The van der Waals surface area contributed by atoms with Gasteiger partial charge in [-0.1, -0.05) is 6.42 Å². The van der Waals surface area contributed by atoms with Crippen molar-refractivity contribution in [2.24, 2.45) is 11.5 Å². The van der Waals surface area contributed by atoms with Gasteiger partial charge < -0.3 is 35.7 Å². The lowest BCUT2D eigenvalue weighted by Gasteiger charge is -2.08. The third kappa shape index (κ3) is 23.1. The van der Waals surface area contributed by atoms with Gasteiger partial charge in [-0.15, -0.1) is 11.8 Å². The first-order valence-electron chi connectivity index (χ1n) is 9.80. The van der Waals surface area contributed by atoms with Gasteiger partial charge in [0, 0.05) is 18.7 Å². The Hall–Kier alpha value is -0.910. The Morgan fingerprint density at radius 1 is 0.786 bits per heavy atom. The second-order valence-electron chi connectivity index (χ2n) is 5.92. The molecule has 0 aromatic heterocycles. The lowest BCUT2D eigenvalue weighted by atomic mass is 10.2. The summed E-state index contributed by atoms with van der Waals surface area (Å²) in [6, 6.07) is 0. The van der Waals surface area contributed by atoms with E-state index in [1.807, 2.05) is 0 Å². The maximum atomic E-state index is 11.5. The largest absolute Gasteiger partial charge is 0.379 e. The molecular formula is C18H37N3O6S. The average Bonchev–Trinajstić information content (AvgIpc) is 2.67. The summed E-state index contributed by atoms with van der Waals surface area (Å²) in [6.45, 7) is 5.27. The smallest absolute Gasteiger partial charge is 0.227 e. The molecule has 0 atom stereocenters. The highest BCUT2D eigenvalue weighted by atomic mass is 32.2. The highest BCUT2D eigenvalue weighted by Gasteiger charge is 2.00. The molecule has 28 heavy (non-hydrogen) atoms. The second-order valence-corrected chi connectivity index (χ2v) is 7.02. The zero-order valence-corrected chi connectivity index (χ0v) is 17.6. The van der Waals surface area contributed by atoms with Crippen LogP contribution in [0.15, 0.2) is 0 Å². The predicted molar refractivity (Wildman–Crippen MR) is 110 cm³/mol. The van der Waals surface area contributed by atoms with E-state index in [9.17, 15) is 9.59 Å². The van der Waals surface area contributed by atoms with Gasteiger partial charge in [-0.2, -0.15) is 0 Å². The normalized spacial score (nSPS) is 10.9. The molecule has 0 aromatic rings. The fraction of sp³-hybridized carbons (Fsp3) is 0.889. The Labute approximate surface area is 172 Å². The number of hydrogen-bond acceptors (Lipinski definition) is 8. The number of primary amides is 1. The van der Waals surface area contributed by atoms with E-state index in [0.29, 0.717) is 78.1 Å². The first kappa shape index (κ1) is 27.1. The third-order valence-electron chi connectivity index (χ3n) is 3.41. The molecule has 0 saturated heterocycles. The fourth-order valence-corrected chi connectivity index (χ4v) is 2.56. The molecule has 0 bridgehead atoms. The van der Waals surface area contributed by atoms with Gasteiger partial charge in [0.15, 0.2) is 0 Å². The number of amides is 2. The molecule has 0 aliphatic carbocycles. The van der Waals surface area contributed by atoms with Crippen molar-refractivity contribution in [1.29, 1.82) is 0 Å². The van der Waals surface area contributed by atoms with Crippen LogP contribution < -0.4 is 16.8 Å². The Morgan fingerprint density at radius 2 is 1.36 bits per heavy atom. The van der Waals surface area contributed by atoms with Crippen LogP contribution in [0, 0.1) is 0 Å². The van der Waals surface area contributed by atoms with Crippen molar-refractivity contribution < 1.29 is 28.5 Å². The molecule has 0 fully saturated rings. The molecule has 5 N–H and O–H groups in total. The van der Waals surface area contributed by atoms with Crippen LogP contribution in [0.2, 0.25) is 0 Å². The van der Waals surface area contributed by atoms with Gasteiger partial charge in [0.05, 0.1) is 58.6 Å². The standard InChI is InChI=1S/C18H37N3O6S/c19-5-2-1-3-6-21-18(23)4-7-24-8-9-25-10-11-26-12-13-27-14-15-28-16-17(20)22/h1-16,19H2,(H2,20,22)(H,21,23). The van der Waals surface area contributed by atoms with Crippen molar-refractivity contribution in [3.05, 3.63) is 0 Å². The number of hydrogen-bond donors (Lipinski definition) is 3. The number of carbonyl (C=O) groups is 2. The van der Waals surface area contributed by atoms with E-state index in [-0.39, 0.29) is 11.8 Å². The van der Waals surface area contributed by atoms with Crippen molar-refractivity contribution in [2.45, 2.75) is 25.7 Å². The van der Waals surface area contributed by atoms with Gasteiger partial charge in [0.25, 0.3) is 0 Å². The maximum absolute atomic E-state index is 11.5. The Kier molecular flexibility index (Phi) is 21.7. The van der Waals surface area contributed by atoms with Gasteiger partial charge >= 0.3 is 0 Å². The number of ether oxygens (including phenoxy) is 4. The van der Waals surface area contributed by atoms with Crippen LogP contribution in [0.4, 0.5) is 0 Å². The van der Waals surface area contributed by atoms with Crippen LogP contribution in [-0.4, -0.2) is 89.3 Å². The minimum atomic E-state index is -0.311. The first-order chi connectivity index (χ1) is 13.7. The van der Waals surface area contributed by atoms with E-state index in [1.165, 1.54) is 11.8 Å². The number of carbonyl (C=O) groups excluding carboxylic acids is 2. The van der Waals surface area contributed by atoms with Crippen LogP contribution in [0.25, 0.3) is 0 Å². The lowest BCUT2D eigenvalue weighted by Crippen LogP contribution is -2.25. The monoisotopic (exact) mass is 423 g/mol. The van der Waals surface area contributed by atoms with Crippen LogP contribution in [0.3, 0.4) is 0 Å². The molecule has 0 aliphatic rings. The first-order valence-corrected chi connectivity index (χ1v) is 11.0. The molecule has 0 spiro atoms. The summed E-state index contributed by atoms with van der Waals surface area (Å²) < 4.78 is 21.5. The average molecular weight is 424 g/mol. The molecule has 0 radical (unpaired) electrons. The van der Waals surface area contributed by atoms with Crippen LogP contribution in [0.1, 0.15) is 25.7 Å². The highest BCUT2D eigenvalue weighted by molar-refractivity contribution is 7.99. The molecule has 0 heterocycles. The Bertz CT molecular complexity index is 377. The van der Waals surface area contributed by atoms with E-state index in [1.54, 1.807) is 0 Å². The third-order valence-corrected chi connectivity index (χ3v) is 4.35. The van der Waals surface area contributed by atoms with E-state index in [0.717, 1.165) is 25.0 Å². The predicted octanol–water partition coefficient (Wildman–Crippen LogP) is -0.0934. The van der Waals surface area contributed by atoms with Gasteiger partial charge in [-0.05, 0) is 19.4 Å². The summed E-state index contributed by atoms with van der Waals surface area (Å²) in [7, 11) is 0. The van der Waals surface area contributed by atoms with Gasteiger partial charge in [0.1, 0.15) is 0 Å². The maximum Gasteiger partial charge on any atom is 0.227 e. The number of unbranched alkanes of at least 4 members (excludes halogenated alkanes) is 2. The summed E-state index contributed by atoms with van der Waals surface area (Å²) >= 11 is 1.45. The van der Waals surface area contributed by atoms with Crippen molar-refractivity contribution in [1.82, 2.24) is 5.32 Å². The molecule has 0 saturated carbocycles. The molecule has 2 amide bonds. The minimum Gasteiger partial charge on any atom is -0.379 e. The van der Waals surface area contributed by atoms with Crippen LogP contribution >= 0.6 is 11.8 Å². The van der Waals surface area contributed by atoms with E-state index < -0.39 is 0 Å². The highest BCUT2D eigenvalue weighted by Crippen LogP contribution is 1.97. The minimum absolute atomic E-state index is 0.00995. The van der Waals surface area contributed by atoms with E-state index >= 15 is 0 Å². The number of thioether (sulfide) groups is 1. The molecule has 10 heteroatoms. The zero-order valence-electron chi connectivity index (χ0n) is 16.8. The van der Waals surface area contributed by atoms with Gasteiger partial charge in [-0.3, -0.25) is 9.59 Å². The van der Waals surface area contributed by atoms with Crippen molar-refractivity contribution in [2.75, 3.05) is 77.5 Å². The van der Waals surface area contributed by atoms with Gasteiger partial charge in [0.2, 0.25) is 11.8 Å². The molecule has 9 nitrogen and oxygen atoms in total. The number of rotatable bonds is 22. The van der Waals surface area contributed by atoms with Crippen LogP contribution in [0.5, 0.6) is 0 Å². The quantitative estimate of drug-likeness (QED) is 0.206. The van der Waals surface area contributed by atoms with E-state index in [2.05, 4.69) is 5.32 Å². The number of nitrogens with two attached hydrogens (primary N) is 2. The fourth-order valence-electron chi connectivity index (χ4n) is 1.98. The molecule has 0 rings (SSSR count). The van der Waals surface area contributed by atoms with Crippen molar-refractivity contribution in [3.63, 3.8) is 0 Å². The molecular weight excluding hydrogens is 386 g/mol. The number of nitrogens with one attached hydrogen (secondary N) is 1.